The van der Waals surface area contributed by atoms with E-state index in [9.17, 15) is 4.79 Å². The summed E-state index contributed by atoms with van der Waals surface area (Å²) in [6, 6.07) is 0. The van der Waals surface area contributed by atoms with Crippen LogP contribution in [0.2, 0.25) is 0 Å². The fraction of sp³-hybridized carbons (Fsp3) is 0.812. The van der Waals surface area contributed by atoms with Gasteiger partial charge in [-0.15, -0.1) is 0 Å². The molecule has 3 fully saturated rings. The molecule has 4 rings (SSSR count). The van der Waals surface area contributed by atoms with Crippen LogP contribution in [-0.4, -0.2) is 34.0 Å². The molecule has 2 aliphatic carbocycles. The smallest absolute Gasteiger partial charge is 0.226 e. The first-order chi connectivity index (χ1) is 10.3. The van der Waals surface area contributed by atoms with Gasteiger partial charge in [0.2, 0.25) is 11.8 Å². The minimum absolute atomic E-state index is 0.314. The molecule has 0 spiro atoms. The molecule has 0 aromatic carbocycles. The second kappa shape index (κ2) is 5.43. The normalized spacial score (nSPS) is 26.7. The van der Waals surface area contributed by atoms with Gasteiger partial charge in [-0.2, -0.15) is 4.98 Å². The molecule has 21 heavy (non-hydrogen) atoms. The highest BCUT2D eigenvalue weighted by atomic mass is 16.5. The highest BCUT2D eigenvalue weighted by Crippen LogP contribution is 2.38. The number of likely N-dealkylation sites (tertiary alicyclic amines) is 1. The van der Waals surface area contributed by atoms with Crippen molar-refractivity contribution in [2.24, 2.45) is 11.8 Å². The quantitative estimate of drug-likeness (QED) is 0.854. The van der Waals surface area contributed by atoms with Gasteiger partial charge in [-0.1, -0.05) is 11.6 Å². The van der Waals surface area contributed by atoms with Crippen molar-refractivity contribution in [2.75, 3.05) is 13.1 Å². The zero-order chi connectivity index (χ0) is 14.2. The molecule has 1 aromatic heterocycles. The number of hydrogen-bond donors (Lipinski definition) is 0. The summed E-state index contributed by atoms with van der Waals surface area (Å²) in [4.78, 5) is 19.0. The highest BCUT2D eigenvalue weighted by molar-refractivity contribution is 5.79. The number of hydrogen-bond acceptors (Lipinski definition) is 4. The lowest BCUT2D eigenvalue weighted by molar-refractivity contribution is -0.140. The molecule has 0 N–H and O–H groups in total. The predicted molar refractivity (Wildman–Crippen MR) is 76.6 cm³/mol. The SMILES string of the molecule is O=C(C1CCC1)N1CCC[C@H](Cc2nc(C3CC3)no2)C1. The van der Waals surface area contributed by atoms with Crippen LogP contribution >= 0.6 is 0 Å². The van der Waals surface area contributed by atoms with Crippen LogP contribution in [0.1, 0.15) is 62.6 Å². The summed E-state index contributed by atoms with van der Waals surface area (Å²) >= 11 is 0. The first-order valence-corrected chi connectivity index (χ1v) is 8.41. The number of nitrogens with zero attached hydrogens (tertiary/aromatic N) is 3. The van der Waals surface area contributed by atoms with Gasteiger partial charge in [-0.3, -0.25) is 4.79 Å². The van der Waals surface area contributed by atoms with Crippen LogP contribution in [0.25, 0.3) is 0 Å². The molecule has 0 unspecified atom stereocenters. The summed E-state index contributed by atoms with van der Waals surface area (Å²) in [6.07, 6.45) is 8.90. The van der Waals surface area contributed by atoms with E-state index in [1.807, 2.05) is 0 Å². The van der Waals surface area contributed by atoms with Crippen molar-refractivity contribution >= 4 is 5.91 Å². The van der Waals surface area contributed by atoms with E-state index in [2.05, 4.69) is 15.0 Å². The van der Waals surface area contributed by atoms with Crippen LogP contribution in [-0.2, 0) is 11.2 Å². The van der Waals surface area contributed by atoms with E-state index in [0.29, 0.717) is 23.7 Å². The van der Waals surface area contributed by atoms with E-state index in [-0.39, 0.29) is 0 Å². The average molecular weight is 289 g/mol. The van der Waals surface area contributed by atoms with Crippen LogP contribution in [0.4, 0.5) is 0 Å². The van der Waals surface area contributed by atoms with E-state index in [4.69, 9.17) is 4.52 Å². The maximum absolute atomic E-state index is 12.4. The zero-order valence-electron chi connectivity index (χ0n) is 12.5. The second-order valence-electron chi connectivity index (χ2n) is 6.95. The van der Waals surface area contributed by atoms with Crippen molar-refractivity contribution in [3.05, 3.63) is 11.7 Å². The van der Waals surface area contributed by atoms with Crippen LogP contribution in [0, 0.1) is 11.8 Å². The van der Waals surface area contributed by atoms with Crippen molar-refractivity contribution in [2.45, 2.75) is 57.3 Å². The summed E-state index contributed by atoms with van der Waals surface area (Å²) in [5.74, 6) is 3.38. The van der Waals surface area contributed by atoms with Crippen molar-refractivity contribution in [3.8, 4) is 0 Å². The van der Waals surface area contributed by atoms with Gasteiger partial charge in [0, 0.05) is 31.3 Å². The maximum Gasteiger partial charge on any atom is 0.226 e. The van der Waals surface area contributed by atoms with Gasteiger partial charge in [-0.25, -0.2) is 0 Å². The summed E-state index contributed by atoms with van der Waals surface area (Å²) in [7, 11) is 0. The van der Waals surface area contributed by atoms with Crippen LogP contribution in [0.15, 0.2) is 4.52 Å². The van der Waals surface area contributed by atoms with E-state index in [0.717, 1.165) is 56.9 Å². The highest BCUT2D eigenvalue weighted by Gasteiger charge is 2.33. The molecule has 5 nitrogen and oxygen atoms in total. The fourth-order valence-electron chi connectivity index (χ4n) is 3.45. The molecule has 0 radical (unpaired) electrons. The van der Waals surface area contributed by atoms with Gasteiger partial charge in [0.05, 0.1) is 0 Å². The van der Waals surface area contributed by atoms with Crippen molar-refractivity contribution in [3.63, 3.8) is 0 Å². The van der Waals surface area contributed by atoms with Crippen LogP contribution in [0.5, 0.6) is 0 Å². The molecule has 2 heterocycles. The molecule has 0 bridgehead atoms. The Balaban J connectivity index is 1.34. The van der Waals surface area contributed by atoms with Crippen molar-refractivity contribution < 1.29 is 9.32 Å². The standard InChI is InChI=1S/C16H23N3O2/c20-16(13-4-1-5-13)19-8-2-3-11(10-19)9-14-17-15(18-21-14)12-6-7-12/h11-13H,1-10H2/t11-/m1/s1. The Hall–Kier alpha value is -1.39. The third kappa shape index (κ3) is 2.83. The molecular formula is C16H23N3O2. The predicted octanol–water partition coefficient (Wildman–Crippen LogP) is 2.53. The van der Waals surface area contributed by atoms with Crippen molar-refractivity contribution in [1.82, 2.24) is 15.0 Å². The number of piperidine rings is 1. The Morgan fingerprint density at radius 1 is 1.19 bits per heavy atom. The van der Waals surface area contributed by atoms with Crippen molar-refractivity contribution in [1.29, 1.82) is 0 Å². The average Bonchev–Trinajstić information content (AvgIpc) is 3.18. The minimum atomic E-state index is 0.314. The minimum Gasteiger partial charge on any atom is -0.342 e. The topological polar surface area (TPSA) is 59.2 Å². The molecule has 1 aliphatic heterocycles. The summed E-state index contributed by atoms with van der Waals surface area (Å²) in [5.41, 5.74) is 0. The Morgan fingerprint density at radius 3 is 2.76 bits per heavy atom. The van der Waals surface area contributed by atoms with Gasteiger partial charge >= 0.3 is 0 Å². The lowest BCUT2D eigenvalue weighted by Gasteiger charge is -2.37. The number of carbonyl (C=O) groups is 1. The Kier molecular flexibility index (Phi) is 3.43. The summed E-state index contributed by atoms with van der Waals surface area (Å²) in [6.45, 7) is 1.81. The van der Waals surface area contributed by atoms with Crippen LogP contribution in [0.3, 0.4) is 0 Å². The van der Waals surface area contributed by atoms with E-state index in [1.54, 1.807) is 0 Å². The lowest BCUT2D eigenvalue weighted by atomic mass is 9.83. The molecule has 1 aromatic rings. The van der Waals surface area contributed by atoms with E-state index in [1.165, 1.54) is 19.3 Å². The Bertz CT molecular complexity index is 519. The van der Waals surface area contributed by atoms with Gasteiger partial charge < -0.3 is 9.42 Å². The number of carbonyl (C=O) groups excluding carboxylic acids is 1. The summed E-state index contributed by atoms with van der Waals surface area (Å²) < 4.78 is 5.38. The van der Waals surface area contributed by atoms with E-state index >= 15 is 0 Å². The van der Waals surface area contributed by atoms with Gasteiger partial charge in [0.15, 0.2) is 5.82 Å². The Labute approximate surface area is 125 Å². The maximum atomic E-state index is 12.4. The van der Waals surface area contributed by atoms with E-state index < -0.39 is 0 Å². The second-order valence-corrected chi connectivity index (χ2v) is 6.95. The first kappa shape index (κ1) is 13.3. The van der Waals surface area contributed by atoms with Crippen LogP contribution < -0.4 is 0 Å². The number of rotatable bonds is 4. The largest absolute Gasteiger partial charge is 0.342 e. The summed E-state index contributed by atoms with van der Waals surface area (Å²) in [5, 5.41) is 4.08. The fourth-order valence-corrected chi connectivity index (χ4v) is 3.45. The molecule has 5 heteroatoms. The zero-order valence-corrected chi connectivity index (χ0v) is 12.5. The van der Waals surface area contributed by atoms with Gasteiger partial charge in [0.25, 0.3) is 0 Å². The Morgan fingerprint density at radius 2 is 2.05 bits per heavy atom. The number of aromatic nitrogens is 2. The number of amides is 1. The van der Waals surface area contributed by atoms with Gasteiger partial charge in [-0.05, 0) is 44.4 Å². The van der Waals surface area contributed by atoms with Gasteiger partial charge in [0.1, 0.15) is 0 Å². The monoisotopic (exact) mass is 289 g/mol. The molecule has 1 amide bonds. The first-order valence-electron chi connectivity index (χ1n) is 8.41. The molecule has 1 atom stereocenters. The molecule has 114 valence electrons. The molecule has 1 saturated heterocycles. The molecule has 2 saturated carbocycles. The molecule has 3 aliphatic rings. The third-order valence-electron chi connectivity index (χ3n) is 5.17. The lowest BCUT2D eigenvalue weighted by Crippen LogP contribution is -2.45. The molecular weight excluding hydrogens is 266 g/mol. The third-order valence-corrected chi connectivity index (χ3v) is 5.17.